The van der Waals surface area contributed by atoms with Crippen LogP contribution in [0.15, 0.2) is 30.5 Å². The average molecular weight is 217 g/mol. The molecule has 2 aromatic rings. The second kappa shape index (κ2) is 4.31. The van der Waals surface area contributed by atoms with Gasteiger partial charge in [0.1, 0.15) is 5.82 Å². The van der Waals surface area contributed by atoms with Gasteiger partial charge in [-0.05, 0) is 35.9 Å². The summed E-state index contributed by atoms with van der Waals surface area (Å²) in [4.78, 5) is 14.2. The molecule has 0 aliphatic carbocycles. The summed E-state index contributed by atoms with van der Waals surface area (Å²) in [6.45, 7) is 1.81. The minimum atomic E-state index is -0.274. The molecule has 1 aromatic carbocycles. The maximum absolute atomic E-state index is 13.1. The van der Waals surface area contributed by atoms with Crippen LogP contribution in [0.4, 0.5) is 4.39 Å². The molecular formula is C13H12FNO. The molecule has 0 bridgehead atoms. The Labute approximate surface area is 92.8 Å². The van der Waals surface area contributed by atoms with Gasteiger partial charge in [0.2, 0.25) is 0 Å². The Hall–Kier alpha value is -1.90. The number of benzene rings is 1. The Bertz CT molecular complexity index is 554. The number of hydrogen-bond acceptors (Lipinski definition) is 1. The molecule has 1 aromatic heterocycles. The molecule has 0 saturated heterocycles. The Morgan fingerprint density at radius 1 is 1.50 bits per heavy atom. The molecule has 2 rings (SSSR count). The zero-order valence-electron chi connectivity index (χ0n) is 8.96. The van der Waals surface area contributed by atoms with Crippen LogP contribution in [-0.4, -0.2) is 10.8 Å². The van der Waals surface area contributed by atoms with E-state index in [1.165, 1.54) is 18.2 Å². The van der Waals surface area contributed by atoms with E-state index in [-0.39, 0.29) is 11.6 Å². The SMILES string of the molecule is CCC(=O)/C=C/c1c[nH]c2ccc(F)cc12. The highest BCUT2D eigenvalue weighted by Crippen LogP contribution is 2.20. The third-order valence-corrected chi connectivity index (χ3v) is 2.47. The van der Waals surface area contributed by atoms with Gasteiger partial charge >= 0.3 is 0 Å². The van der Waals surface area contributed by atoms with Gasteiger partial charge in [-0.1, -0.05) is 6.92 Å². The van der Waals surface area contributed by atoms with Crippen molar-refractivity contribution in [3.05, 3.63) is 41.9 Å². The van der Waals surface area contributed by atoms with Crippen LogP contribution in [0.3, 0.4) is 0 Å². The first-order valence-electron chi connectivity index (χ1n) is 5.18. The van der Waals surface area contributed by atoms with Crippen LogP contribution < -0.4 is 0 Å². The first kappa shape index (κ1) is 10.6. The van der Waals surface area contributed by atoms with Gasteiger partial charge in [-0.15, -0.1) is 0 Å². The molecule has 0 fully saturated rings. The lowest BCUT2D eigenvalue weighted by Gasteiger charge is -1.92. The van der Waals surface area contributed by atoms with Crippen LogP contribution in [0.25, 0.3) is 17.0 Å². The third-order valence-electron chi connectivity index (χ3n) is 2.47. The smallest absolute Gasteiger partial charge is 0.155 e. The highest BCUT2D eigenvalue weighted by Gasteiger charge is 2.02. The van der Waals surface area contributed by atoms with Gasteiger partial charge in [0.15, 0.2) is 5.78 Å². The van der Waals surface area contributed by atoms with Crippen LogP contribution in [0, 0.1) is 5.82 Å². The number of ketones is 1. The fourth-order valence-corrected chi connectivity index (χ4v) is 1.55. The molecule has 0 spiro atoms. The van der Waals surface area contributed by atoms with E-state index in [4.69, 9.17) is 0 Å². The first-order chi connectivity index (χ1) is 7.70. The molecule has 82 valence electrons. The van der Waals surface area contributed by atoms with Gasteiger partial charge in [-0.25, -0.2) is 4.39 Å². The highest BCUT2D eigenvalue weighted by molar-refractivity contribution is 5.97. The second-order valence-electron chi connectivity index (χ2n) is 3.59. The number of rotatable bonds is 3. The largest absolute Gasteiger partial charge is 0.361 e. The summed E-state index contributed by atoms with van der Waals surface area (Å²) in [6.07, 6.45) is 5.48. The molecule has 0 radical (unpaired) electrons. The van der Waals surface area contributed by atoms with Crippen molar-refractivity contribution in [2.75, 3.05) is 0 Å². The number of hydrogen-bond donors (Lipinski definition) is 1. The number of H-pyrrole nitrogens is 1. The third kappa shape index (κ3) is 2.03. The lowest BCUT2D eigenvalue weighted by molar-refractivity contribution is -0.114. The summed E-state index contributed by atoms with van der Waals surface area (Å²) in [5, 5.41) is 0.792. The van der Waals surface area contributed by atoms with Crippen molar-refractivity contribution < 1.29 is 9.18 Å². The van der Waals surface area contributed by atoms with E-state index in [0.717, 1.165) is 16.5 Å². The summed E-state index contributed by atoms with van der Waals surface area (Å²) in [5.41, 5.74) is 1.70. The summed E-state index contributed by atoms with van der Waals surface area (Å²) in [5.74, 6) is -0.214. The quantitative estimate of drug-likeness (QED) is 0.786. The van der Waals surface area contributed by atoms with E-state index in [1.54, 1.807) is 18.3 Å². The average Bonchev–Trinajstić information content (AvgIpc) is 2.68. The van der Waals surface area contributed by atoms with Crippen molar-refractivity contribution in [2.45, 2.75) is 13.3 Å². The van der Waals surface area contributed by atoms with Crippen molar-refractivity contribution >= 4 is 22.8 Å². The lowest BCUT2D eigenvalue weighted by atomic mass is 10.1. The molecular weight excluding hydrogens is 205 g/mol. The minimum absolute atomic E-state index is 0.0609. The van der Waals surface area contributed by atoms with E-state index in [1.807, 2.05) is 6.92 Å². The molecule has 1 N–H and O–H groups in total. The fourth-order valence-electron chi connectivity index (χ4n) is 1.55. The van der Waals surface area contributed by atoms with Crippen molar-refractivity contribution in [3.63, 3.8) is 0 Å². The van der Waals surface area contributed by atoms with E-state index in [2.05, 4.69) is 4.98 Å². The maximum Gasteiger partial charge on any atom is 0.155 e. The Morgan fingerprint density at radius 3 is 3.06 bits per heavy atom. The maximum atomic E-state index is 13.1. The van der Waals surface area contributed by atoms with Gasteiger partial charge < -0.3 is 4.98 Å². The number of carbonyl (C=O) groups excluding carboxylic acids is 1. The van der Waals surface area contributed by atoms with Crippen molar-refractivity contribution in [3.8, 4) is 0 Å². The lowest BCUT2D eigenvalue weighted by Crippen LogP contribution is -1.86. The normalized spacial score (nSPS) is 11.4. The Balaban J connectivity index is 2.41. The number of nitrogens with one attached hydrogen (secondary N) is 1. The van der Waals surface area contributed by atoms with Crippen molar-refractivity contribution in [1.29, 1.82) is 0 Å². The van der Waals surface area contributed by atoms with E-state index >= 15 is 0 Å². The van der Waals surface area contributed by atoms with Crippen molar-refractivity contribution in [1.82, 2.24) is 4.98 Å². The number of aromatic amines is 1. The summed E-state index contributed by atoms with van der Waals surface area (Å²) < 4.78 is 13.1. The van der Waals surface area contributed by atoms with Crippen LogP contribution in [-0.2, 0) is 4.79 Å². The summed E-state index contributed by atoms with van der Waals surface area (Å²) in [7, 11) is 0. The summed E-state index contributed by atoms with van der Waals surface area (Å²) >= 11 is 0. The topological polar surface area (TPSA) is 32.9 Å². The second-order valence-corrected chi connectivity index (χ2v) is 3.59. The molecule has 3 heteroatoms. The molecule has 0 saturated carbocycles. The molecule has 16 heavy (non-hydrogen) atoms. The first-order valence-corrected chi connectivity index (χ1v) is 5.18. The van der Waals surface area contributed by atoms with Gasteiger partial charge in [0, 0.05) is 23.5 Å². The number of carbonyl (C=O) groups is 1. The van der Waals surface area contributed by atoms with Gasteiger partial charge in [-0.2, -0.15) is 0 Å². The number of fused-ring (bicyclic) bond motifs is 1. The summed E-state index contributed by atoms with van der Waals surface area (Å²) in [6, 6.07) is 4.55. The Kier molecular flexibility index (Phi) is 2.86. The molecule has 0 aliphatic rings. The van der Waals surface area contributed by atoms with Crippen LogP contribution in [0.1, 0.15) is 18.9 Å². The fraction of sp³-hybridized carbons (Fsp3) is 0.154. The standard InChI is InChI=1S/C13H12FNO/c1-2-11(16)5-3-9-8-15-13-6-4-10(14)7-12(9)13/h3-8,15H,2H2,1H3/b5-3+. The van der Waals surface area contributed by atoms with Crippen LogP contribution in [0.5, 0.6) is 0 Å². The molecule has 0 aliphatic heterocycles. The molecule has 0 atom stereocenters. The van der Waals surface area contributed by atoms with Crippen molar-refractivity contribution in [2.24, 2.45) is 0 Å². The number of allylic oxidation sites excluding steroid dienone is 1. The number of aromatic nitrogens is 1. The minimum Gasteiger partial charge on any atom is -0.361 e. The molecule has 1 heterocycles. The van der Waals surface area contributed by atoms with Crippen LogP contribution in [0.2, 0.25) is 0 Å². The van der Waals surface area contributed by atoms with Gasteiger partial charge in [0.25, 0.3) is 0 Å². The van der Waals surface area contributed by atoms with E-state index in [0.29, 0.717) is 6.42 Å². The number of halogens is 1. The molecule has 0 amide bonds. The predicted octanol–water partition coefficient (Wildman–Crippen LogP) is 3.30. The Morgan fingerprint density at radius 2 is 2.31 bits per heavy atom. The molecule has 0 unspecified atom stereocenters. The van der Waals surface area contributed by atoms with Gasteiger partial charge in [0.05, 0.1) is 0 Å². The zero-order chi connectivity index (χ0) is 11.5. The monoisotopic (exact) mass is 217 g/mol. The predicted molar refractivity (Wildman–Crippen MR) is 62.6 cm³/mol. The van der Waals surface area contributed by atoms with E-state index in [9.17, 15) is 9.18 Å². The molecule has 2 nitrogen and oxygen atoms in total. The zero-order valence-corrected chi connectivity index (χ0v) is 8.96. The van der Waals surface area contributed by atoms with E-state index < -0.39 is 0 Å². The highest BCUT2D eigenvalue weighted by atomic mass is 19.1. The van der Waals surface area contributed by atoms with Gasteiger partial charge in [-0.3, -0.25) is 4.79 Å². The van der Waals surface area contributed by atoms with Crippen LogP contribution >= 0.6 is 0 Å².